The quantitative estimate of drug-likeness (QED) is 0.304. The first-order valence-electron chi connectivity index (χ1n) is 11.5. The summed E-state index contributed by atoms with van der Waals surface area (Å²) in [6.45, 7) is 6.10. The Balaban J connectivity index is 1.57. The Bertz CT molecular complexity index is 1280. The molecule has 0 unspecified atom stereocenters. The van der Waals surface area contributed by atoms with E-state index in [1.54, 1.807) is 12.1 Å². The second-order valence-corrected chi connectivity index (χ2v) is 8.37. The Morgan fingerprint density at radius 1 is 1.03 bits per heavy atom. The van der Waals surface area contributed by atoms with Crippen molar-refractivity contribution in [3.63, 3.8) is 0 Å². The Hall–Kier alpha value is -3.64. The molecule has 5 nitrogen and oxygen atoms in total. The van der Waals surface area contributed by atoms with Gasteiger partial charge in [-0.3, -0.25) is 0 Å². The topological polar surface area (TPSA) is 63.5 Å². The molecule has 6 heteroatoms. The molecule has 0 saturated carbocycles. The fourth-order valence-corrected chi connectivity index (χ4v) is 4.26. The van der Waals surface area contributed by atoms with E-state index >= 15 is 0 Å². The molecule has 34 heavy (non-hydrogen) atoms. The summed E-state index contributed by atoms with van der Waals surface area (Å²) in [5, 5.41) is 14.5. The van der Waals surface area contributed by atoms with Crippen molar-refractivity contribution < 1.29 is 19.0 Å². The van der Waals surface area contributed by atoms with Gasteiger partial charge in [0.05, 0.1) is 6.61 Å². The Morgan fingerprint density at radius 3 is 2.41 bits per heavy atom. The molecule has 4 rings (SSSR count). The van der Waals surface area contributed by atoms with Gasteiger partial charge in [-0.15, -0.1) is 0 Å². The molecule has 0 spiro atoms. The number of hydrogen-bond donors (Lipinski definition) is 2. The lowest BCUT2D eigenvalue weighted by molar-refractivity contribution is 0.0684. The maximum atomic E-state index is 13.4. The molecular formula is C28H29FN2O3. The van der Waals surface area contributed by atoms with Crippen molar-refractivity contribution in [2.45, 2.75) is 33.4 Å². The van der Waals surface area contributed by atoms with E-state index in [1.807, 2.05) is 60.9 Å². The van der Waals surface area contributed by atoms with E-state index in [0.29, 0.717) is 26.2 Å². The molecular weight excluding hydrogens is 431 g/mol. The number of carboxylic acid groups (broad SMARTS) is 1. The van der Waals surface area contributed by atoms with Crippen LogP contribution < -0.4 is 10.1 Å². The van der Waals surface area contributed by atoms with Gasteiger partial charge in [-0.05, 0) is 73.8 Å². The van der Waals surface area contributed by atoms with Gasteiger partial charge in [0.15, 0.2) is 0 Å². The van der Waals surface area contributed by atoms with E-state index < -0.39 is 5.97 Å². The third-order valence-electron chi connectivity index (χ3n) is 5.91. The van der Waals surface area contributed by atoms with Crippen LogP contribution in [0.1, 0.15) is 39.7 Å². The average Bonchev–Trinajstić information content (AvgIpc) is 3.12. The highest BCUT2D eigenvalue weighted by molar-refractivity contribution is 5.98. The third kappa shape index (κ3) is 5.29. The number of hydrogen-bond acceptors (Lipinski definition) is 3. The molecule has 0 aliphatic rings. The number of rotatable bonds is 10. The highest BCUT2D eigenvalue weighted by Crippen LogP contribution is 2.29. The number of aromatic carboxylic acids is 1. The summed E-state index contributed by atoms with van der Waals surface area (Å²) >= 11 is 0. The van der Waals surface area contributed by atoms with Crippen LogP contribution in [0, 0.1) is 12.7 Å². The molecule has 0 aliphatic carbocycles. The fourth-order valence-electron chi connectivity index (χ4n) is 4.26. The number of carbonyl (C=O) groups is 1. The zero-order chi connectivity index (χ0) is 24.1. The van der Waals surface area contributed by atoms with Crippen LogP contribution in [-0.4, -0.2) is 28.8 Å². The summed E-state index contributed by atoms with van der Waals surface area (Å²) in [7, 11) is 0. The number of nitrogens with one attached hydrogen (secondary N) is 1. The zero-order valence-electron chi connectivity index (χ0n) is 19.5. The molecule has 0 saturated heterocycles. The smallest absolute Gasteiger partial charge is 0.352 e. The van der Waals surface area contributed by atoms with Gasteiger partial charge in [-0.25, -0.2) is 9.18 Å². The SMILES string of the molecule is CCOc1ccc(CCNCc2c(C(=O)O)n(Cc3ccc(F)cc3)c3cc(C)ccc23)cc1. The molecule has 0 aliphatic heterocycles. The van der Waals surface area contributed by atoms with Crippen LogP contribution in [-0.2, 0) is 19.5 Å². The average molecular weight is 461 g/mol. The molecule has 0 amide bonds. The lowest BCUT2D eigenvalue weighted by Gasteiger charge is -2.10. The van der Waals surface area contributed by atoms with Crippen LogP contribution in [0.3, 0.4) is 0 Å². The van der Waals surface area contributed by atoms with Gasteiger partial charge in [0.25, 0.3) is 0 Å². The van der Waals surface area contributed by atoms with Crippen LogP contribution in [0.2, 0.25) is 0 Å². The number of carboxylic acids is 1. The van der Waals surface area contributed by atoms with E-state index in [9.17, 15) is 14.3 Å². The molecule has 176 valence electrons. The molecule has 0 bridgehead atoms. The molecule has 3 aromatic carbocycles. The molecule has 1 heterocycles. The third-order valence-corrected chi connectivity index (χ3v) is 5.91. The first-order valence-corrected chi connectivity index (χ1v) is 11.5. The highest BCUT2D eigenvalue weighted by Gasteiger charge is 2.22. The number of benzene rings is 3. The second kappa shape index (κ2) is 10.5. The minimum atomic E-state index is -0.973. The van der Waals surface area contributed by atoms with Crippen LogP contribution in [0.5, 0.6) is 5.75 Å². The number of aryl methyl sites for hydroxylation is 1. The minimum Gasteiger partial charge on any atom is -0.494 e. The number of aromatic nitrogens is 1. The van der Waals surface area contributed by atoms with Crippen molar-refractivity contribution in [2.24, 2.45) is 0 Å². The first-order chi connectivity index (χ1) is 16.5. The Morgan fingerprint density at radius 2 is 1.74 bits per heavy atom. The summed E-state index contributed by atoms with van der Waals surface area (Å²) in [5.41, 5.74) is 4.97. The van der Waals surface area contributed by atoms with Crippen molar-refractivity contribution in [1.29, 1.82) is 0 Å². The van der Waals surface area contributed by atoms with E-state index in [-0.39, 0.29) is 11.5 Å². The number of nitrogens with zero attached hydrogens (tertiary/aromatic N) is 1. The normalized spacial score (nSPS) is 11.1. The summed E-state index contributed by atoms with van der Waals surface area (Å²) in [4.78, 5) is 12.4. The van der Waals surface area contributed by atoms with Crippen molar-refractivity contribution >= 4 is 16.9 Å². The number of fused-ring (bicyclic) bond motifs is 1. The summed E-state index contributed by atoms with van der Waals surface area (Å²) < 4.78 is 20.7. The van der Waals surface area contributed by atoms with Crippen LogP contribution in [0.15, 0.2) is 66.7 Å². The molecule has 0 fully saturated rings. The van der Waals surface area contributed by atoms with E-state index in [1.165, 1.54) is 17.7 Å². The standard InChI is InChI=1S/C28H29FN2O3/c1-3-34-23-11-7-20(8-12-23)14-15-30-17-25-24-13-4-19(2)16-26(24)31(27(25)28(32)33)18-21-5-9-22(29)10-6-21/h4-13,16,30H,3,14-15,17-18H2,1-2H3,(H,32,33). The predicted octanol–water partition coefficient (Wildman–Crippen LogP) is 5.57. The van der Waals surface area contributed by atoms with Crippen LogP contribution >= 0.6 is 0 Å². The lowest BCUT2D eigenvalue weighted by atomic mass is 10.1. The Labute approximate surface area is 198 Å². The molecule has 0 atom stereocenters. The lowest BCUT2D eigenvalue weighted by Crippen LogP contribution is -2.19. The van der Waals surface area contributed by atoms with Gasteiger partial charge in [0.1, 0.15) is 17.3 Å². The van der Waals surface area contributed by atoms with Crippen molar-refractivity contribution in [3.05, 3.63) is 100 Å². The maximum absolute atomic E-state index is 13.4. The Kier molecular flexibility index (Phi) is 7.28. The van der Waals surface area contributed by atoms with Crippen molar-refractivity contribution in [2.75, 3.05) is 13.2 Å². The van der Waals surface area contributed by atoms with Gasteiger partial charge >= 0.3 is 5.97 Å². The maximum Gasteiger partial charge on any atom is 0.352 e. The molecule has 0 radical (unpaired) electrons. The monoisotopic (exact) mass is 460 g/mol. The van der Waals surface area contributed by atoms with E-state index in [0.717, 1.165) is 39.8 Å². The largest absolute Gasteiger partial charge is 0.494 e. The summed E-state index contributed by atoms with van der Waals surface area (Å²) in [6.07, 6.45) is 0.822. The minimum absolute atomic E-state index is 0.262. The predicted molar refractivity (Wildman–Crippen MR) is 132 cm³/mol. The van der Waals surface area contributed by atoms with Crippen molar-refractivity contribution in [1.82, 2.24) is 9.88 Å². The van der Waals surface area contributed by atoms with Gasteiger partial charge < -0.3 is 19.7 Å². The zero-order valence-corrected chi connectivity index (χ0v) is 19.5. The van der Waals surface area contributed by atoms with Crippen molar-refractivity contribution in [3.8, 4) is 5.75 Å². The van der Waals surface area contributed by atoms with Gasteiger partial charge in [-0.1, -0.05) is 36.4 Å². The summed E-state index contributed by atoms with van der Waals surface area (Å²) in [5.74, 6) is -0.429. The number of ether oxygens (including phenoxy) is 1. The van der Waals surface area contributed by atoms with E-state index in [2.05, 4.69) is 5.32 Å². The van der Waals surface area contributed by atoms with Gasteiger partial charge in [0, 0.05) is 29.6 Å². The second-order valence-electron chi connectivity index (χ2n) is 8.37. The van der Waals surface area contributed by atoms with Crippen LogP contribution in [0.25, 0.3) is 10.9 Å². The first kappa shape index (κ1) is 23.5. The number of halogens is 1. The van der Waals surface area contributed by atoms with E-state index in [4.69, 9.17) is 4.74 Å². The molecule has 2 N–H and O–H groups in total. The van der Waals surface area contributed by atoms with Gasteiger partial charge in [-0.2, -0.15) is 0 Å². The van der Waals surface area contributed by atoms with Crippen LogP contribution in [0.4, 0.5) is 4.39 Å². The van der Waals surface area contributed by atoms with Gasteiger partial charge in [0.2, 0.25) is 0 Å². The molecule has 4 aromatic rings. The highest BCUT2D eigenvalue weighted by atomic mass is 19.1. The summed E-state index contributed by atoms with van der Waals surface area (Å²) in [6, 6.07) is 20.2. The molecule has 1 aromatic heterocycles. The fraction of sp³-hybridized carbons (Fsp3) is 0.250.